The van der Waals surface area contributed by atoms with E-state index in [-0.39, 0.29) is 0 Å². The van der Waals surface area contributed by atoms with Gasteiger partial charge in [0.1, 0.15) is 0 Å². The minimum atomic E-state index is 0.662. The van der Waals surface area contributed by atoms with Crippen molar-refractivity contribution in [1.29, 1.82) is 0 Å². The average Bonchev–Trinajstić information content (AvgIpc) is 2.73. The zero-order chi connectivity index (χ0) is 13.2. The van der Waals surface area contributed by atoms with Gasteiger partial charge in [0.2, 0.25) is 0 Å². The van der Waals surface area contributed by atoms with Crippen molar-refractivity contribution in [1.82, 2.24) is 4.90 Å². The van der Waals surface area contributed by atoms with Crippen molar-refractivity contribution >= 4 is 0 Å². The molecule has 0 radical (unpaired) electrons. The molecule has 0 aliphatic carbocycles. The number of nitrogens with two attached hydrogens (primary N) is 1. The number of nitrogens with zero attached hydrogens (tertiary/aromatic N) is 1. The maximum atomic E-state index is 5.87. The second-order valence-electron chi connectivity index (χ2n) is 6.08. The number of likely N-dealkylation sites (tertiary alicyclic amines) is 1. The van der Waals surface area contributed by atoms with E-state index in [1.165, 1.54) is 70.9 Å². The lowest BCUT2D eigenvalue weighted by Crippen LogP contribution is -2.38. The van der Waals surface area contributed by atoms with Crippen LogP contribution in [-0.2, 0) is 0 Å². The van der Waals surface area contributed by atoms with Crippen molar-refractivity contribution in [2.24, 2.45) is 11.7 Å². The monoisotopic (exact) mass is 254 g/mol. The van der Waals surface area contributed by atoms with Gasteiger partial charge in [-0.15, -0.1) is 0 Å². The molecule has 0 amide bonds. The number of rotatable bonds is 10. The van der Waals surface area contributed by atoms with Gasteiger partial charge in [0.25, 0.3) is 0 Å². The van der Waals surface area contributed by atoms with Crippen molar-refractivity contribution in [3.05, 3.63) is 0 Å². The Kier molecular flexibility index (Phi) is 8.70. The van der Waals surface area contributed by atoms with Gasteiger partial charge >= 0.3 is 0 Å². The largest absolute Gasteiger partial charge is 0.329 e. The van der Waals surface area contributed by atoms with E-state index in [1.807, 2.05) is 0 Å². The molecule has 0 bridgehead atoms. The standard InChI is InChI=1S/C16H34N2/c1-3-4-5-6-7-8-9-10-12-18-13-11-15(2)16(18)14-17/h15-16H,3-14,17H2,1-2H3. The Hall–Kier alpha value is -0.0800. The first kappa shape index (κ1) is 16.0. The minimum absolute atomic E-state index is 0.662. The summed E-state index contributed by atoms with van der Waals surface area (Å²) < 4.78 is 0. The first-order valence-electron chi connectivity index (χ1n) is 8.23. The van der Waals surface area contributed by atoms with Crippen LogP contribution in [0.5, 0.6) is 0 Å². The van der Waals surface area contributed by atoms with Gasteiger partial charge in [-0.2, -0.15) is 0 Å². The van der Waals surface area contributed by atoms with E-state index < -0.39 is 0 Å². The van der Waals surface area contributed by atoms with E-state index in [4.69, 9.17) is 5.73 Å². The second kappa shape index (κ2) is 9.80. The molecule has 1 saturated heterocycles. The lowest BCUT2D eigenvalue weighted by molar-refractivity contribution is 0.231. The van der Waals surface area contributed by atoms with Gasteiger partial charge in [0.15, 0.2) is 0 Å². The van der Waals surface area contributed by atoms with E-state index in [2.05, 4.69) is 18.7 Å². The van der Waals surface area contributed by atoms with Gasteiger partial charge in [-0.3, -0.25) is 4.90 Å². The highest BCUT2D eigenvalue weighted by Gasteiger charge is 2.28. The van der Waals surface area contributed by atoms with Crippen LogP contribution in [0.15, 0.2) is 0 Å². The summed E-state index contributed by atoms with van der Waals surface area (Å²) in [6.45, 7) is 8.04. The molecule has 18 heavy (non-hydrogen) atoms. The van der Waals surface area contributed by atoms with E-state index in [0.717, 1.165) is 12.5 Å². The minimum Gasteiger partial charge on any atom is -0.329 e. The van der Waals surface area contributed by atoms with Gasteiger partial charge in [-0.25, -0.2) is 0 Å². The summed E-state index contributed by atoms with van der Waals surface area (Å²) in [5.74, 6) is 0.809. The van der Waals surface area contributed by atoms with Crippen LogP contribution in [0.25, 0.3) is 0 Å². The second-order valence-corrected chi connectivity index (χ2v) is 6.08. The predicted molar refractivity (Wildman–Crippen MR) is 80.8 cm³/mol. The Labute approximate surface area is 114 Å². The van der Waals surface area contributed by atoms with Crippen LogP contribution in [0.4, 0.5) is 0 Å². The zero-order valence-corrected chi connectivity index (χ0v) is 12.7. The molecule has 2 heteroatoms. The molecular formula is C16H34N2. The van der Waals surface area contributed by atoms with Gasteiger partial charge < -0.3 is 5.73 Å². The zero-order valence-electron chi connectivity index (χ0n) is 12.7. The maximum Gasteiger partial charge on any atom is 0.0244 e. The molecule has 0 aromatic rings. The van der Waals surface area contributed by atoms with Crippen molar-refractivity contribution in [2.75, 3.05) is 19.6 Å². The third-order valence-electron chi connectivity index (χ3n) is 4.54. The Balaban J connectivity index is 1.94. The molecule has 1 fully saturated rings. The maximum absolute atomic E-state index is 5.87. The van der Waals surface area contributed by atoms with E-state index >= 15 is 0 Å². The first-order valence-corrected chi connectivity index (χ1v) is 8.23. The van der Waals surface area contributed by atoms with Crippen molar-refractivity contribution in [3.8, 4) is 0 Å². The highest BCUT2D eigenvalue weighted by molar-refractivity contribution is 4.84. The van der Waals surface area contributed by atoms with Gasteiger partial charge in [0.05, 0.1) is 0 Å². The topological polar surface area (TPSA) is 29.3 Å². The molecule has 1 aliphatic heterocycles. The summed E-state index contributed by atoms with van der Waals surface area (Å²) in [6.07, 6.45) is 12.7. The Morgan fingerprint density at radius 1 is 1.00 bits per heavy atom. The Morgan fingerprint density at radius 2 is 1.61 bits per heavy atom. The number of hydrogen-bond acceptors (Lipinski definition) is 2. The van der Waals surface area contributed by atoms with E-state index in [9.17, 15) is 0 Å². The lowest BCUT2D eigenvalue weighted by atomic mass is 10.0. The fourth-order valence-electron chi connectivity index (χ4n) is 3.20. The van der Waals surface area contributed by atoms with Crippen molar-refractivity contribution in [3.63, 3.8) is 0 Å². The third-order valence-corrected chi connectivity index (χ3v) is 4.54. The van der Waals surface area contributed by atoms with Gasteiger partial charge in [-0.1, -0.05) is 58.8 Å². The third kappa shape index (κ3) is 5.71. The summed E-state index contributed by atoms with van der Waals surface area (Å²) in [5.41, 5.74) is 5.87. The molecule has 1 heterocycles. The Morgan fingerprint density at radius 3 is 2.22 bits per heavy atom. The molecular weight excluding hydrogens is 220 g/mol. The highest BCUT2D eigenvalue weighted by Crippen LogP contribution is 2.23. The summed E-state index contributed by atoms with van der Waals surface area (Å²) >= 11 is 0. The smallest absolute Gasteiger partial charge is 0.0244 e. The lowest BCUT2D eigenvalue weighted by Gasteiger charge is -2.25. The summed E-state index contributed by atoms with van der Waals surface area (Å²) in [7, 11) is 0. The average molecular weight is 254 g/mol. The van der Waals surface area contributed by atoms with Crippen LogP contribution in [0, 0.1) is 5.92 Å². The van der Waals surface area contributed by atoms with Crippen LogP contribution < -0.4 is 5.73 Å². The molecule has 2 unspecified atom stereocenters. The number of hydrogen-bond donors (Lipinski definition) is 1. The fourth-order valence-corrected chi connectivity index (χ4v) is 3.20. The molecule has 1 rings (SSSR count). The van der Waals surface area contributed by atoms with E-state index in [1.54, 1.807) is 0 Å². The van der Waals surface area contributed by atoms with Crippen molar-refractivity contribution in [2.45, 2.75) is 77.7 Å². The molecule has 0 aromatic heterocycles. The normalized spacial score (nSPS) is 24.8. The summed E-state index contributed by atoms with van der Waals surface area (Å²) in [6, 6.07) is 0.662. The summed E-state index contributed by atoms with van der Waals surface area (Å²) in [4.78, 5) is 2.63. The molecule has 1 aliphatic rings. The fraction of sp³-hybridized carbons (Fsp3) is 1.00. The Bertz CT molecular complexity index is 194. The molecule has 108 valence electrons. The van der Waals surface area contributed by atoms with E-state index in [0.29, 0.717) is 6.04 Å². The quantitative estimate of drug-likeness (QED) is 0.601. The van der Waals surface area contributed by atoms with Gasteiger partial charge in [0, 0.05) is 12.6 Å². The van der Waals surface area contributed by atoms with Crippen LogP contribution in [0.3, 0.4) is 0 Å². The number of unbranched alkanes of at least 4 members (excludes halogenated alkanes) is 7. The first-order chi connectivity index (χ1) is 8.79. The van der Waals surface area contributed by atoms with Crippen molar-refractivity contribution < 1.29 is 0 Å². The molecule has 2 nitrogen and oxygen atoms in total. The molecule has 0 saturated carbocycles. The SMILES string of the molecule is CCCCCCCCCCN1CCC(C)C1CN. The van der Waals surface area contributed by atoms with Crippen LogP contribution >= 0.6 is 0 Å². The predicted octanol–water partition coefficient (Wildman–Crippen LogP) is 3.80. The molecule has 2 N–H and O–H groups in total. The van der Waals surface area contributed by atoms with Crippen LogP contribution in [-0.4, -0.2) is 30.6 Å². The molecule has 0 aromatic carbocycles. The van der Waals surface area contributed by atoms with Crippen LogP contribution in [0.2, 0.25) is 0 Å². The molecule has 0 spiro atoms. The van der Waals surface area contributed by atoms with Gasteiger partial charge in [-0.05, 0) is 31.8 Å². The van der Waals surface area contributed by atoms with Crippen LogP contribution in [0.1, 0.15) is 71.6 Å². The molecule has 2 atom stereocenters. The summed E-state index contributed by atoms with van der Waals surface area (Å²) in [5, 5.41) is 0. The highest BCUT2D eigenvalue weighted by atomic mass is 15.2.